The Kier molecular flexibility index (Phi) is 5.22. The van der Waals surface area contributed by atoms with Crippen LogP contribution >= 0.6 is 0 Å². The number of hydrogen-bond donors (Lipinski definition) is 2. The average molecular weight is 408 g/mol. The molecule has 7 nitrogen and oxygen atoms in total. The van der Waals surface area contributed by atoms with Crippen molar-refractivity contribution in [3.63, 3.8) is 0 Å². The minimum Gasteiger partial charge on any atom is -0.497 e. The minimum absolute atomic E-state index is 0.0183. The number of hydrogen-bond acceptors (Lipinski definition) is 4. The summed E-state index contributed by atoms with van der Waals surface area (Å²) in [6, 6.07) is 10.9. The summed E-state index contributed by atoms with van der Waals surface area (Å²) in [5.41, 5.74) is 7.88. The number of halogens is 1. The number of aromatic nitrogens is 2. The molecule has 0 fully saturated rings. The van der Waals surface area contributed by atoms with Gasteiger partial charge >= 0.3 is 0 Å². The molecule has 30 heavy (non-hydrogen) atoms. The molecule has 1 atom stereocenters. The Hall–Kier alpha value is -3.68. The monoisotopic (exact) mass is 408 g/mol. The third-order valence-electron chi connectivity index (χ3n) is 5.30. The lowest BCUT2D eigenvalue weighted by Crippen LogP contribution is -2.31. The fourth-order valence-corrected chi connectivity index (χ4v) is 3.74. The van der Waals surface area contributed by atoms with Crippen LogP contribution in [-0.2, 0) is 6.42 Å². The number of benzene rings is 2. The van der Waals surface area contributed by atoms with E-state index >= 15 is 0 Å². The van der Waals surface area contributed by atoms with E-state index < -0.39 is 17.6 Å². The van der Waals surface area contributed by atoms with Crippen molar-refractivity contribution in [1.82, 2.24) is 15.1 Å². The van der Waals surface area contributed by atoms with Gasteiger partial charge in [0, 0.05) is 16.8 Å². The number of methoxy groups -OCH3 is 1. The molecule has 8 heteroatoms. The van der Waals surface area contributed by atoms with Crippen LogP contribution < -0.4 is 15.8 Å². The number of fused-ring (bicyclic) bond motifs is 1. The largest absolute Gasteiger partial charge is 0.497 e. The number of primary amides is 1. The van der Waals surface area contributed by atoms with Crippen LogP contribution in [0.4, 0.5) is 4.39 Å². The van der Waals surface area contributed by atoms with Gasteiger partial charge in [-0.1, -0.05) is 0 Å². The summed E-state index contributed by atoms with van der Waals surface area (Å²) < 4.78 is 21.4. The van der Waals surface area contributed by atoms with E-state index in [0.717, 1.165) is 48.0 Å². The van der Waals surface area contributed by atoms with Gasteiger partial charge in [0.05, 0.1) is 30.6 Å². The summed E-state index contributed by atoms with van der Waals surface area (Å²) in [5, 5.41) is 7.40. The lowest BCUT2D eigenvalue weighted by Gasteiger charge is -2.24. The van der Waals surface area contributed by atoms with Crippen LogP contribution in [0.15, 0.2) is 48.7 Å². The molecule has 2 amide bonds. The maximum Gasteiger partial charge on any atom is 0.254 e. The molecule has 1 heterocycles. The Morgan fingerprint density at radius 3 is 2.67 bits per heavy atom. The van der Waals surface area contributed by atoms with Gasteiger partial charge in [0.25, 0.3) is 5.91 Å². The van der Waals surface area contributed by atoms with Gasteiger partial charge in [-0.2, -0.15) is 5.10 Å². The predicted molar refractivity (Wildman–Crippen MR) is 108 cm³/mol. The normalized spacial score (nSPS) is 15.3. The van der Waals surface area contributed by atoms with E-state index in [1.54, 1.807) is 13.3 Å². The third-order valence-corrected chi connectivity index (χ3v) is 5.30. The second-order valence-corrected chi connectivity index (χ2v) is 7.13. The first kappa shape index (κ1) is 19.6. The van der Waals surface area contributed by atoms with Gasteiger partial charge in [0.1, 0.15) is 11.6 Å². The van der Waals surface area contributed by atoms with Gasteiger partial charge in [-0.15, -0.1) is 0 Å². The van der Waals surface area contributed by atoms with E-state index in [-0.39, 0.29) is 17.2 Å². The fraction of sp³-hybridized carbons (Fsp3) is 0.227. The van der Waals surface area contributed by atoms with Crippen molar-refractivity contribution < 1.29 is 18.7 Å². The summed E-state index contributed by atoms with van der Waals surface area (Å²) >= 11 is 0. The fourth-order valence-electron chi connectivity index (χ4n) is 3.74. The van der Waals surface area contributed by atoms with Crippen LogP contribution in [0.1, 0.15) is 50.9 Å². The van der Waals surface area contributed by atoms with Crippen LogP contribution in [0, 0.1) is 5.82 Å². The average Bonchev–Trinajstić information content (AvgIpc) is 3.18. The highest BCUT2D eigenvalue weighted by Crippen LogP contribution is 2.31. The molecule has 0 radical (unpaired) electrons. The molecule has 3 aromatic rings. The van der Waals surface area contributed by atoms with Gasteiger partial charge in [-0.05, 0) is 61.7 Å². The number of nitrogens with one attached hydrogen (secondary N) is 1. The molecule has 0 saturated carbocycles. The first-order valence-corrected chi connectivity index (χ1v) is 9.59. The highest BCUT2D eigenvalue weighted by molar-refractivity contribution is 5.97. The van der Waals surface area contributed by atoms with E-state index in [2.05, 4.69) is 10.4 Å². The molecule has 0 spiro atoms. The number of nitrogens with two attached hydrogens (primary N) is 1. The van der Waals surface area contributed by atoms with Crippen molar-refractivity contribution in [1.29, 1.82) is 0 Å². The third kappa shape index (κ3) is 3.63. The summed E-state index contributed by atoms with van der Waals surface area (Å²) in [4.78, 5) is 23.8. The van der Waals surface area contributed by atoms with E-state index in [1.165, 1.54) is 12.1 Å². The molecule has 0 unspecified atom stereocenters. The Morgan fingerprint density at radius 2 is 2.00 bits per heavy atom. The molecule has 3 N–H and O–H groups in total. The standard InChI is InChI=1S/C22H21FN4O3/c1-30-15-8-6-14(7-9-15)27-20-4-2-3-19(17(20)12-25-27)26-22(29)16-10-5-13(21(24)28)11-18(16)23/h5-12,19H,2-4H2,1H3,(H2,24,28)(H,26,29)/t19-/m1/s1. The number of amides is 2. The first-order valence-electron chi connectivity index (χ1n) is 9.59. The Labute approximate surface area is 172 Å². The van der Waals surface area contributed by atoms with E-state index in [1.807, 2.05) is 28.9 Å². The van der Waals surface area contributed by atoms with E-state index in [4.69, 9.17) is 10.5 Å². The Bertz CT molecular complexity index is 1110. The molecule has 4 rings (SSSR count). The number of carbonyl (C=O) groups is 2. The van der Waals surface area contributed by atoms with Crippen molar-refractivity contribution in [2.24, 2.45) is 5.73 Å². The summed E-state index contributed by atoms with van der Waals surface area (Å²) in [5.74, 6) is -1.31. The van der Waals surface area contributed by atoms with Crippen molar-refractivity contribution in [3.8, 4) is 11.4 Å². The molecular weight excluding hydrogens is 387 g/mol. The van der Waals surface area contributed by atoms with Crippen LogP contribution in [0.5, 0.6) is 5.75 Å². The molecule has 1 aliphatic carbocycles. The lowest BCUT2D eigenvalue weighted by molar-refractivity contribution is 0.0926. The van der Waals surface area contributed by atoms with Crippen LogP contribution in [-0.4, -0.2) is 28.7 Å². The quantitative estimate of drug-likeness (QED) is 0.678. The zero-order valence-corrected chi connectivity index (χ0v) is 16.4. The number of carbonyl (C=O) groups excluding carboxylic acids is 2. The van der Waals surface area contributed by atoms with Gasteiger partial charge in [0.2, 0.25) is 5.91 Å². The molecule has 1 aromatic heterocycles. The summed E-state index contributed by atoms with van der Waals surface area (Å²) in [7, 11) is 1.61. The molecule has 0 bridgehead atoms. The summed E-state index contributed by atoms with van der Waals surface area (Å²) in [6.07, 6.45) is 4.17. The minimum atomic E-state index is -0.784. The first-order chi connectivity index (χ1) is 14.5. The Morgan fingerprint density at radius 1 is 1.23 bits per heavy atom. The Balaban J connectivity index is 1.57. The second-order valence-electron chi connectivity index (χ2n) is 7.13. The predicted octanol–water partition coefficient (Wildman–Crippen LogP) is 2.93. The zero-order valence-electron chi connectivity index (χ0n) is 16.4. The molecule has 0 aliphatic heterocycles. The van der Waals surface area contributed by atoms with Crippen molar-refractivity contribution in [2.45, 2.75) is 25.3 Å². The number of ether oxygens (including phenoxy) is 1. The number of rotatable bonds is 5. The van der Waals surface area contributed by atoms with E-state index in [0.29, 0.717) is 0 Å². The highest BCUT2D eigenvalue weighted by atomic mass is 19.1. The van der Waals surface area contributed by atoms with Crippen LogP contribution in [0.25, 0.3) is 5.69 Å². The highest BCUT2D eigenvalue weighted by Gasteiger charge is 2.27. The zero-order chi connectivity index (χ0) is 21.3. The molecule has 2 aromatic carbocycles. The topological polar surface area (TPSA) is 99.2 Å². The second kappa shape index (κ2) is 7.98. The summed E-state index contributed by atoms with van der Waals surface area (Å²) in [6.45, 7) is 0. The molecule has 154 valence electrons. The molecule has 0 saturated heterocycles. The van der Waals surface area contributed by atoms with Gasteiger partial charge in [-0.3, -0.25) is 9.59 Å². The van der Waals surface area contributed by atoms with Crippen LogP contribution in [0.3, 0.4) is 0 Å². The molecule has 1 aliphatic rings. The molecular formula is C22H21FN4O3. The van der Waals surface area contributed by atoms with Gasteiger partial charge in [0.15, 0.2) is 0 Å². The van der Waals surface area contributed by atoms with E-state index in [9.17, 15) is 14.0 Å². The lowest BCUT2D eigenvalue weighted by atomic mass is 9.92. The SMILES string of the molecule is COc1ccc(-n2ncc3c2CCC[C@H]3NC(=O)c2ccc(C(N)=O)cc2F)cc1. The van der Waals surface area contributed by atoms with Gasteiger partial charge < -0.3 is 15.8 Å². The van der Waals surface area contributed by atoms with Crippen molar-refractivity contribution in [2.75, 3.05) is 7.11 Å². The van der Waals surface area contributed by atoms with Crippen LogP contribution in [0.2, 0.25) is 0 Å². The van der Waals surface area contributed by atoms with Crippen molar-refractivity contribution in [3.05, 3.63) is 76.9 Å². The maximum atomic E-state index is 14.3. The van der Waals surface area contributed by atoms with Gasteiger partial charge in [-0.25, -0.2) is 9.07 Å². The maximum absolute atomic E-state index is 14.3. The smallest absolute Gasteiger partial charge is 0.254 e. The number of nitrogens with zero attached hydrogens (tertiary/aromatic N) is 2. The van der Waals surface area contributed by atoms with Crippen molar-refractivity contribution >= 4 is 11.8 Å².